The third-order valence-electron chi connectivity index (χ3n) is 5.36. The van der Waals surface area contributed by atoms with Crippen LogP contribution in [0, 0.1) is 13.8 Å². The molecule has 32 heavy (non-hydrogen) atoms. The Balaban J connectivity index is 1.51. The Morgan fingerprint density at radius 3 is 2.59 bits per heavy atom. The first kappa shape index (κ1) is 23.0. The SMILES string of the molecule is Cc1cc(C)cc(N=C2S[C@@H](CC(=O)Nc3ccc(Br)cc3)C(=O)N2C[C@H]2CCCO2)c1. The van der Waals surface area contributed by atoms with E-state index in [1.165, 1.54) is 11.8 Å². The number of hydrogen-bond donors (Lipinski definition) is 1. The maximum atomic E-state index is 13.2. The maximum absolute atomic E-state index is 13.2. The molecule has 1 N–H and O–H groups in total. The van der Waals surface area contributed by atoms with Gasteiger partial charge in [0, 0.05) is 23.2 Å². The van der Waals surface area contributed by atoms with E-state index in [2.05, 4.69) is 27.3 Å². The molecule has 0 bridgehead atoms. The van der Waals surface area contributed by atoms with E-state index in [4.69, 9.17) is 9.73 Å². The van der Waals surface area contributed by atoms with E-state index in [0.29, 0.717) is 17.4 Å². The van der Waals surface area contributed by atoms with E-state index in [-0.39, 0.29) is 24.3 Å². The monoisotopic (exact) mass is 515 g/mol. The summed E-state index contributed by atoms with van der Waals surface area (Å²) >= 11 is 4.75. The highest BCUT2D eigenvalue weighted by molar-refractivity contribution is 9.10. The lowest BCUT2D eigenvalue weighted by Gasteiger charge is -2.20. The van der Waals surface area contributed by atoms with Crippen molar-refractivity contribution >= 4 is 56.0 Å². The number of amides is 2. The molecule has 2 fully saturated rings. The molecule has 2 aromatic rings. The standard InChI is InChI=1S/C24H26BrN3O3S/c1-15-10-16(2)12-19(11-15)27-24-28(14-20-4-3-9-31-20)23(30)21(32-24)13-22(29)26-18-7-5-17(25)6-8-18/h5-8,10-12,20-21H,3-4,9,13-14H2,1-2H3,(H,26,29)/t20-,21+/m1/s1. The molecule has 6 nitrogen and oxygen atoms in total. The molecule has 2 aromatic carbocycles. The highest BCUT2D eigenvalue weighted by atomic mass is 79.9. The van der Waals surface area contributed by atoms with Crippen molar-refractivity contribution in [3.8, 4) is 0 Å². The van der Waals surface area contributed by atoms with Crippen LogP contribution < -0.4 is 5.32 Å². The van der Waals surface area contributed by atoms with Crippen LogP contribution in [0.2, 0.25) is 0 Å². The minimum atomic E-state index is -0.503. The van der Waals surface area contributed by atoms with Gasteiger partial charge in [0.25, 0.3) is 0 Å². The highest BCUT2D eigenvalue weighted by Crippen LogP contribution is 2.33. The van der Waals surface area contributed by atoms with Crippen LogP contribution in [0.25, 0.3) is 0 Å². The Labute approximate surface area is 200 Å². The minimum absolute atomic E-state index is 0.0133. The number of halogens is 1. The third kappa shape index (κ3) is 5.79. The summed E-state index contributed by atoms with van der Waals surface area (Å²) in [6.45, 7) is 5.26. The van der Waals surface area contributed by atoms with Gasteiger partial charge in [0.1, 0.15) is 5.25 Å². The van der Waals surface area contributed by atoms with Crippen LogP contribution >= 0.6 is 27.7 Å². The largest absolute Gasteiger partial charge is 0.376 e. The molecule has 0 aromatic heterocycles. The Kier molecular flexibility index (Phi) is 7.33. The number of nitrogens with zero attached hydrogens (tertiary/aromatic N) is 2. The molecule has 168 valence electrons. The molecule has 2 amide bonds. The second-order valence-electron chi connectivity index (χ2n) is 8.19. The average Bonchev–Trinajstić information content (AvgIpc) is 3.33. The van der Waals surface area contributed by atoms with E-state index >= 15 is 0 Å². The maximum Gasteiger partial charge on any atom is 0.242 e. The molecule has 2 aliphatic heterocycles. The second kappa shape index (κ2) is 10.2. The van der Waals surface area contributed by atoms with E-state index in [1.54, 1.807) is 4.90 Å². The molecule has 0 saturated carbocycles. The molecule has 0 unspecified atom stereocenters. The summed E-state index contributed by atoms with van der Waals surface area (Å²) < 4.78 is 6.70. The van der Waals surface area contributed by atoms with Gasteiger partial charge in [-0.2, -0.15) is 0 Å². The van der Waals surface area contributed by atoms with Gasteiger partial charge in [-0.05, 0) is 74.2 Å². The highest BCUT2D eigenvalue weighted by Gasteiger charge is 2.40. The lowest BCUT2D eigenvalue weighted by molar-refractivity contribution is -0.129. The molecule has 2 atom stereocenters. The average molecular weight is 516 g/mol. The fraction of sp³-hybridized carbons (Fsp3) is 0.375. The summed E-state index contributed by atoms with van der Waals surface area (Å²) in [5, 5.41) is 3.01. The topological polar surface area (TPSA) is 71.0 Å². The van der Waals surface area contributed by atoms with Crippen molar-refractivity contribution in [2.45, 2.75) is 44.5 Å². The van der Waals surface area contributed by atoms with Crippen LogP contribution in [0.3, 0.4) is 0 Å². The molecule has 2 aliphatic rings. The minimum Gasteiger partial charge on any atom is -0.376 e. The van der Waals surface area contributed by atoms with E-state index < -0.39 is 5.25 Å². The van der Waals surface area contributed by atoms with Gasteiger partial charge in [-0.1, -0.05) is 33.8 Å². The van der Waals surface area contributed by atoms with Gasteiger partial charge < -0.3 is 10.1 Å². The van der Waals surface area contributed by atoms with Crippen LogP contribution in [-0.4, -0.2) is 46.4 Å². The van der Waals surface area contributed by atoms with Crippen LogP contribution in [0.5, 0.6) is 0 Å². The summed E-state index contributed by atoms with van der Waals surface area (Å²) in [6.07, 6.45) is 2.04. The Bertz CT molecular complexity index is 1020. The van der Waals surface area contributed by atoms with Crippen LogP contribution in [0.4, 0.5) is 11.4 Å². The van der Waals surface area contributed by atoms with Gasteiger partial charge in [0.15, 0.2) is 5.17 Å². The zero-order valence-electron chi connectivity index (χ0n) is 18.1. The first-order valence-corrected chi connectivity index (χ1v) is 12.4. The number of ether oxygens (including phenoxy) is 1. The Hall–Kier alpha value is -2.16. The smallest absolute Gasteiger partial charge is 0.242 e. The van der Waals surface area contributed by atoms with Crippen molar-refractivity contribution in [3.63, 3.8) is 0 Å². The number of benzene rings is 2. The molecule has 2 saturated heterocycles. The lowest BCUT2D eigenvalue weighted by Crippen LogP contribution is -2.38. The van der Waals surface area contributed by atoms with Crippen molar-refractivity contribution in [2.24, 2.45) is 4.99 Å². The summed E-state index contributed by atoms with van der Waals surface area (Å²) in [5.74, 6) is -0.275. The number of carbonyl (C=O) groups excluding carboxylic acids is 2. The van der Waals surface area contributed by atoms with Gasteiger partial charge in [-0.25, -0.2) is 4.99 Å². The van der Waals surface area contributed by atoms with Crippen molar-refractivity contribution < 1.29 is 14.3 Å². The van der Waals surface area contributed by atoms with Gasteiger partial charge in [0.2, 0.25) is 11.8 Å². The van der Waals surface area contributed by atoms with Gasteiger partial charge >= 0.3 is 0 Å². The van der Waals surface area contributed by atoms with E-state index in [1.807, 2.05) is 50.2 Å². The Morgan fingerprint density at radius 1 is 1.22 bits per heavy atom. The number of rotatable bonds is 6. The Morgan fingerprint density at radius 2 is 1.94 bits per heavy atom. The van der Waals surface area contributed by atoms with Crippen LogP contribution in [0.1, 0.15) is 30.4 Å². The van der Waals surface area contributed by atoms with Gasteiger partial charge in [-0.15, -0.1) is 0 Å². The molecule has 0 radical (unpaired) electrons. The third-order valence-corrected chi connectivity index (χ3v) is 7.06. The zero-order chi connectivity index (χ0) is 22.7. The quantitative estimate of drug-likeness (QED) is 0.573. The fourth-order valence-electron chi connectivity index (χ4n) is 3.92. The molecular formula is C24H26BrN3O3S. The van der Waals surface area contributed by atoms with Crippen molar-refractivity contribution in [3.05, 3.63) is 58.1 Å². The van der Waals surface area contributed by atoms with Crippen LogP contribution in [-0.2, 0) is 14.3 Å². The number of aliphatic imine (C=N–C) groups is 1. The number of thioether (sulfide) groups is 1. The molecule has 0 spiro atoms. The van der Waals surface area contributed by atoms with E-state index in [9.17, 15) is 9.59 Å². The molecule has 8 heteroatoms. The zero-order valence-corrected chi connectivity index (χ0v) is 20.5. The summed E-state index contributed by atoms with van der Waals surface area (Å²) in [6, 6.07) is 13.5. The fourth-order valence-corrected chi connectivity index (χ4v) is 5.36. The lowest BCUT2D eigenvalue weighted by atomic mass is 10.1. The first-order valence-electron chi connectivity index (χ1n) is 10.7. The number of anilines is 1. The molecular weight excluding hydrogens is 490 g/mol. The predicted octanol–water partition coefficient (Wildman–Crippen LogP) is 5.21. The van der Waals surface area contributed by atoms with Crippen molar-refractivity contribution in [1.29, 1.82) is 0 Å². The molecule has 4 rings (SSSR count). The second-order valence-corrected chi connectivity index (χ2v) is 10.3. The number of hydrogen-bond acceptors (Lipinski definition) is 5. The summed E-state index contributed by atoms with van der Waals surface area (Å²) in [4.78, 5) is 32.4. The van der Waals surface area contributed by atoms with Crippen molar-refractivity contribution in [2.75, 3.05) is 18.5 Å². The van der Waals surface area contributed by atoms with Gasteiger partial charge in [-0.3, -0.25) is 14.5 Å². The first-order chi connectivity index (χ1) is 15.4. The van der Waals surface area contributed by atoms with E-state index in [0.717, 1.165) is 40.7 Å². The van der Waals surface area contributed by atoms with Gasteiger partial charge in [0.05, 0.1) is 18.3 Å². The van der Waals surface area contributed by atoms with Crippen LogP contribution in [0.15, 0.2) is 51.9 Å². The summed E-state index contributed by atoms with van der Waals surface area (Å²) in [5.41, 5.74) is 3.76. The molecule has 2 heterocycles. The number of nitrogens with one attached hydrogen (secondary N) is 1. The number of carbonyl (C=O) groups is 2. The molecule has 0 aliphatic carbocycles. The summed E-state index contributed by atoms with van der Waals surface area (Å²) in [7, 11) is 0. The predicted molar refractivity (Wildman–Crippen MR) is 132 cm³/mol. The number of amidine groups is 1. The number of aryl methyl sites for hydroxylation is 2. The van der Waals surface area contributed by atoms with Crippen molar-refractivity contribution in [1.82, 2.24) is 4.90 Å². The normalized spacial score (nSPS) is 22.0.